The van der Waals surface area contributed by atoms with Crippen molar-refractivity contribution >= 4 is 28.5 Å². The van der Waals surface area contributed by atoms with E-state index < -0.39 is 0 Å². The van der Waals surface area contributed by atoms with Gasteiger partial charge in [0.15, 0.2) is 0 Å². The van der Waals surface area contributed by atoms with E-state index in [1.54, 1.807) is 30.1 Å². The number of imidazole rings is 1. The molecule has 1 N–H and O–H groups in total. The Bertz CT molecular complexity index is 1250. The average Bonchev–Trinajstić information content (AvgIpc) is 3.19. The van der Waals surface area contributed by atoms with Crippen molar-refractivity contribution in [2.75, 3.05) is 19.1 Å². The predicted octanol–water partition coefficient (Wildman–Crippen LogP) is 3.64. The summed E-state index contributed by atoms with van der Waals surface area (Å²) in [6.07, 6.45) is 0. The van der Waals surface area contributed by atoms with Crippen LogP contribution in [0.3, 0.4) is 0 Å². The minimum Gasteiger partial charge on any atom is -0.496 e. The fourth-order valence-corrected chi connectivity index (χ4v) is 3.56. The maximum atomic E-state index is 13.0. The molecule has 2 amide bonds. The summed E-state index contributed by atoms with van der Waals surface area (Å²) in [5, 5.41) is 2.90. The Labute approximate surface area is 186 Å². The van der Waals surface area contributed by atoms with Crippen molar-refractivity contribution < 1.29 is 14.3 Å². The lowest BCUT2D eigenvalue weighted by Gasteiger charge is -2.19. The molecule has 0 aliphatic carbocycles. The highest BCUT2D eigenvalue weighted by Crippen LogP contribution is 2.20. The molecular weight excluding hydrogens is 404 g/mol. The number of hydrogen-bond acceptors (Lipinski definition) is 4. The number of aromatic nitrogens is 2. The second-order valence-electron chi connectivity index (χ2n) is 7.27. The summed E-state index contributed by atoms with van der Waals surface area (Å²) in [7, 11) is 3.28. The smallest absolute Gasteiger partial charge is 0.255 e. The number of nitrogens with zero attached hydrogens (tertiary/aromatic N) is 3. The molecule has 7 nitrogen and oxygen atoms in total. The van der Waals surface area contributed by atoms with E-state index in [0.29, 0.717) is 17.1 Å². The summed E-state index contributed by atoms with van der Waals surface area (Å²) in [5.74, 6) is 0.743. The third-order valence-electron chi connectivity index (χ3n) is 5.30. The highest BCUT2D eigenvalue weighted by molar-refractivity contribution is 5.97. The Kier molecular flexibility index (Phi) is 6.17. The van der Waals surface area contributed by atoms with Crippen LogP contribution in [0.15, 0.2) is 78.9 Å². The topological polar surface area (TPSA) is 76.5 Å². The number of benzene rings is 3. The Morgan fingerprint density at radius 3 is 2.44 bits per heavy atom. The van der Waals surface area contributed by atoms with Gasteiger partial charge in [0.05, 0.1) is 30.3 Å². The van der Waals surface area contributed by atoms with E-state index >= 15 is 0 Å². The van der Waals surface area contributed by atoms with Crippen LogP contribution in [0.4, 0.5) is 5.69 Å². The van der Waals surface area contributed by atoms with Crippen LogP contribution in [0.2, 0.25) is 0 Å². The molecule has 1 heterocycles. The van der Waals surface area contributed by atoms with Crippen molar-refractivity contribution in [3.05, 3.63) is 90.3 Å². The van der Waals surface area contributed by atoms with Gasteiger partial charge in [0.1, 0.15) is 18.1 Å². The number of fused-ring (bicyclic) bond motifs is 1. The molecule has 0 radical (unpaired) electrons. The summed E-state index contributed by atoms with van der Waals surface area (Å²) < 4.78 is 7.13. The van der Waals surface area contributed by atoms with Crippen molar-refractivity contribution in [1.29, 1.82) is 0 Å². The quantitative estimate of drug-likeness (QED) is 0.488. The molecule has 32 heavy (non-hydrogen) atoms. The van der Waals surface area contributed by atoms with Gasteiger partial charge in [-0.05, 0) is 36.4 Å². The minimum absolute atomic E-state index is 0.0864. The monoisotopic (exact) mass is 428 g/mol. The number of rotatable bonds is 7. The number of para-hydroxylation sites is 4. The molecule has 0 aliphatic rings. The van der Waals surface area contributed by atoms with Crippen molar-refractivity contribution in [2.45, 2.75) is 13.1 Å². The lowest BCUT2D eigenvalue weighted by molar-refractivity contribution is -0.118. The fourth-order valence-electron chi connectivity index (χ4n) is 3.56. The van der Waals surface area contributed by atoms with Crippen LogP contribution in [0.5, 0.6) is 5.75 Å². The lowest BCUT2D eigenvalue weighted by Crippen LogP contribution is -2.31. The van der Waals surface area contributed by atoms with E-state index in [1.807, 2.05) is 65.2 Å². The summed E-state index contributed by atoms with van der Waals surface area (Å²) in [6.45, 7) is 0.277. The largest absolute Gasteiger partial charge is 0.496 e. The maximum absolute atomic E-state index is 13.0. The lowest BCUT2D eigenvalue weighted by atomic mass is 10.2. The van der Waals surface area contributed by atoms with E-state index in [-0.39, 0.29) is 24.9 Å². The van der Waals surface area contributed by atoms with E-state index in [4.69, 9.17) is 4.74 Å². The van der Waals surface area contributed by atoms with Crippen LogP contribution in [0.25, 0.3) is 11.0 Å². The Balaban J connectivity index is 1.58. The van der Waals surface area contributed by atoms with Gasteiger partial charge in [-0.3, -0.25) is 9.59 Å². The molecule has 0 saturated heterocycles. The van der Waals surface area contributed by atoms with Crippen LogP contribution < -0.4 is 15.0 Å². The highest BCUT2D eigenvalue weighted by atomic mass is 16.5. The highest BCUT2D eigenvalue weighted by Gasteiger charge is 2.18. The molecule has 162 valence electrons. The van der Waals surface area contributed by atoms with Crippen molar-refractivity contribution in [3.8, 4) is 5.75 Å². The standard InChI is InChI=1S/C25H24N4O3/c1-28(18-10-4-3-5-11-18)24(30)17-29-21-14-8-7-13-20(21)27-23(29)16-26-25(31)19-12-6-9-15-22(19)32-2/h3-15H,16-17H2,1-2H3,(H,26,31). The minimum atomic E-state index is -0.270. The molecule has 0 bridgehead atoms. The maximum Gasteiger partial charge on any atom is 0.255 e. The van der Waals surface area contributed by atoms with Gasteiger partial charge < -0.3 is 19.5 Å². The molecule has 1 aromatic heterocycles. The molecule has 7 heteroatoms. The van der Waals surface area contributed by atoms with E-state index in [2.05, 4.69) is 10.3 Å². The van der Waals surface area contributed by atoms with Crippen LogP contribution in [0, 0.1) is 0 Å². The van der Waals surface area contributed by atoms with E-state index in [1.165, 1.54) is 7.11 Å². The Morgan fingerprint density at radius 2 is 1.66 bits per heavy atom. The molecule has 0 unspecified atom stereocenters. The van der Waals surface area contributed by atoms with Gasteiger partial charge in [-0.1, -0.05) is 42.5 Å². The number of hydrogen-bond donors (Lipinski definition) is 1. The van der Waals surface area contributed by atoms with Gasteiger partial charge in [0, 0.05) is 12.7 Å². The summed E-state index contributed by atoms with van der Waals surface area (Å²) in [5.41, 5.74) is 2.86. The zero-order valence-electron chi connectivity index (χ0n) is 18.0. The third kappa shape index (κ3) is 4.32. The van der Waals surface area contributed by atoms with Gasteiger partial charge in [0.2, 0.25) is 5.91 Å². The number of amides is 2. The summed E-state index contributed by atoms with van der Waals surface area (Å²) in [4.78, 5) is 32.0. The van der Waals surface area contributed by atoms with Crippen molar-refractivity contribution in [1.82, 2.24) is 14.9 Å². The summed E-state index contributed by atoms with van der Waals surface area (Å²) >= 11 is 0. The van der Waals surface area contributed by atoms with Crippen LogP contribution in [0.1, 0.15) is 16.2 Å². The van der Waals surface area contributed by atoms with Gasteiger partial charge >= 0.3 is 0 Å². The Hall–Kier alpha value is -4.13. The first kappa shape index (κ1) is 21.1. The van der Waals surface area contributed by atoms with Gasteiger partial charge in [-0.2, -0.15) is 0 Å². The molecule has 3 aromatic carbocycles. The number of ether oxygens (including phenoxy) is 1. The predicted molar refractivity (Wildman–Crippen MR) is 124 cm³/mol. The number of carbonyl (C=O) groups is 2. The van der Waals surface area contributed by atoms with E-state index in [9.17, 15) is 9.59 Å². The van der Waals surface area contributed by atoms with Crippen LogP contribution in [-0.2, 0) is 17.9 Å². The molecular formula is C25H24N4O3. The SMILES string of the molecule is COc1ccccc1C(=O)NCc1nc2ccccc2n1CC(=O)N(C)c1ccccc1. The number of nitrogens with one attached hydrogen (secondary N) is 1. The van der Waals surface area contributed by atoms with Crippen LogP contribution >= 0.6 is 0 Å². The molecule has 0 fully saturated rings. The second kappa shape index (κ2) is 9.34. The zero-order chi connectivity index (χ0) is 22.5. The number of methoxy groups -OCH3 is 1. The number of carbonyl (C=O) groups excluding carboxylic acids is 2. The Morgan fingerprint density at radius 1 is 0.969 bits per heavy atom. The van der Waals surface area contributed by atoms with Crippen molar-refractivity contribution in [2.24, 2.45) is 0 Å². The van der Waals surface area contributed by atoms with Crippen LogP contribution in [-0.4, -0.2) is 35.5 Å². The molecule has 0 spiro atoms. The number of anilines is 1. The summed E-state index contributed by atoms with van der Waals surface area (Å²) in [6, 6.07) is 24.1. The van der Waals surface area contributed by atoms with Gasteiger partial charge in [-0.15, -0.1) is 0 Å². The molecule has 4 aromatic rings. The van der Waals surface area contributed by atoms with Gasteiger partial charge in [0.25, 0.3) is 5.91 Å². The first-order valence-electron chi connectivity index (χ1n) is 10.3. The van der Waals surface area contributed by atoms with E-state index in [0.717, 1.165) is 16.7 Å². The zero-order valence-corrected chi connectivity index (χ0v) is 18.0. The number of likely N-dealkylation sites (N-methyl/N-ethyl adjacent to an activating group) is 1. The average molecular weight is 428 g/mol. The first-order chi connectivity index (χ1) is 15.6. The second-order valence-corrected chi connectivity index (χ2v) is 7.27. The van der Waals surface area contributed by atoms with Crippen molar-refractivity contribution in [3.63, 3.8) is 0 Å². The molecule has 0 atom stereocenters. The fraction of sp³-hybridized carbons (Fsp3) is 0.160. The van der Waals surface area contributed by atoms with Gasteiger partial charge in [-0.25, -0.2) is 4.98 Å². The first-order valence-corrected chi connectivity index (χ1v) is 10.3. The normalized spacial score (nSPS) is 10.7. The molecule has 0 aliphatic heterocycles. The molecule has 0 saturated carbocycles. The molecule has 4 rings (SSSR count). The third-order valence-corrected chi connectivity index (χ3v) is 5.30.